The number of para-hydroxylation sites is 1. The molecule has 2 N–H and O–H groups in total. The van der Waals surface area contributed by atoms with Crippen molar-refractivity contribution in [2.75, 3.05) is 17.2 Å². The van der Waals surface area contributed by atoms with Crippen molar-refractivity contribution in [1.29, 1.82) is 0 Å². The van der Waals surface area contributed by atoms with Crippen molar-refractivity contribution in [3.05, 3.63) is 84.7 Å². The maximum absolute atomic E-state index is 12.2. The molecule has 0 radical (unpaired) electrons. The lowest BCUT2D eigenvalue weighted by molar-refractivity contribution is -0.118. The first kappa shape index (κ1) is 20.1. The van der Waals surface area contributed by atoms with Crippen molar-refractivity contribution in [2.45, 2.75) is 13.8 Å². The summed E-state index contributed by atoms with van der Waals surface area (Å²) < 4.78 is 7.40. The van der Waals surface area contributed by atoms with Gasteiger partial charge >= 0.3 is 0 Å². The van der Waals surface area contributed by atoms with Crippen LogP contribution in [-0.2, 0) is 4.79 Å². The number of carbonyl (C=O) groups is 1. The predicted molar refractivity (Wildman–Crippen MR) is 119 cm³/mol. The SMILES string of the molecule is Cc1nc(Nc2ccc(NC(=O)COc3ccccc3C)cc2)cc(-n2ccnc2)n1. The van der Waals surface area contributed by atoms with Crippen LogP contribution < -0.4 is 15.4 Å². The van der Waals surface area contributed by atoms with Crippen molar-refractivity contribution in [3.8, 4) is 11.6 Å². The van der Waals surface area contributed by atoms with Gasteiger partial charge in [-0.3, -0.25) is 9.36 Å². The molecule has 0 aliphatic carbocycles. The van der Waals surface area contributed by atoms with E-state index in [-0.39, 0.29) is 12.5 Å². The summed E-state index contributed by atoms with van der Waals surface area (Å²) in [6.45, 7) is 3.72. The zero-order valence-electron chi connectivity index (χ0n) is 17.2. The number of aryl methyl sites for hydroxylation is 2. The molecule has 2 heterocycles. The van der Waals surface area contributed by atoms with Crippen molar-refractivity contribution < 1.29 is 9.53 Å². The summed E-state index contributed by atoms with van der Waals surface area (Å²) in [5, 5.41) is 6.09. The number of hydrogen-bond acceptors (Lipinski definition) is 6. The fourth-order valence-corrected chi connectivity index (χ4v) is 2.99. The van der Waals surface area contributed by atoms with Crippen LogP contribution in [0.15, 0.2) is 73.3 Å². The van der Waals surface area contributed by atoms with Crippen LogP contribution in [-0.4, -0.2) is 32.0 Å². The van der Waals surface area contributed by atoms with Gasteiger partial charge < -0.3 is 15.4 Å². The number of amides is 1. The van der Waals surface area contributed by atoms with E-state index in [0.717, 1.165) is 17.1 Å². The summed E-state index contributed by atoms with van der Waals surface area (Å²) in [6.07, 6.45) is 5.21. The van der Waals surface area contributed by atoms with Crippen LogP contribution in [0.3, 0.4) is 0 Å². The molecule has 0 fully saturated rings. The Morgan fingerprint density at radius 3 is 2.55 bits per heavy atom. The van der Waals surface area contributed by atoms with Gasteiger partial charge in [-0.05, 0) is 49.7 Å². The van der Waals surface area contributed by atoms with E-state index in [0.29, 0.717) is 23.1 Å². The number of carbonyl (C=O) groups excluding carboxylic acids is 1. The average molecular weight is 414 g/mol. The van der Waals surface area contributed by atoms with Gasteiger partial charge in [0, 0.05) is 29.8 Å². The molecule has 4 aromatic rings. The number of anilines is 3. The van der Waals surface area contributed by atoms with E-state index >= 15 is 0 Å². The lowest BCUT2D eigenvalue weighted by Crippen LogP contribution is -2.20. The van der Waals surface area contributed by atoms with E-state index in [9.17, 15) is 4.79 Å². The second-order valence-electron chi connectivity index (χ2n) is 6.93. The Morgan fingerprint density at radius 1 is 1.03 bits per heavy atom. The fourth-order valence-electron chi connectivity index (χ4n) is 2.99. The lowest BCUT2D eigenvalue weighted by atomic mass is 10.2. The van der Waals surface area contributed by atoms with Gasteiger partial charge in [-0.1, -0.05) is 18.2 Å². The minimum atomic E-state index is -0.222. The highest BCUT2D eigenvalue weighted by Crippen LogP contribution is 2.20. The molecule has 0 unspecified atom stereocenters. The monoisotopic (exact) mass is 414 g/mol. The molecule has 2 aromatic carbocycles. The van der Waals surface area contributed by atoms with Crippen LogP contribution in [0, 0.1) is 13.8 Å². The van der Waals surface area contributed by atoms with Crippen molar-refractivity contribution in [1.82, 2.24) is 19.5 Å². The van der Waals surface area contributed by atoms with E-state index < -0.39 is 0 Å². The molecule has 8 nitrogen and oxygen atoms in total. The molecule has 2 aromatic heterocycles. The number of rotatable bonds is 7. The largest absolute Gasteiger partial charge is 0.483 e. The molecule has 0 saturated carbocycles. The molecule has 0 saturated heterocycles. The fraction of sp³-hybridized carbons (Fsp3) is 0.130. The minimum absolute atomic E-state index is 0.0535. The number of benzene rings is 2. The van der Waals surface area contributed by atoms with Gasteiger partial charge in [0.25, 0.3) is 5.91 Å². The molecule has 0 aliphatic heterocycles. The van der Waals surface area contributed by atoms with E-state index in [4.69, 9.17) is 4.74 Å². The van der Waals surface area contributed by atoms with Crippen molar-refractivity contribution in [2.24, 2.45) is 0 Å². The summed E-state index contributed by atoms with van der Waals surface area (Å²) >= 11 is 0. The van der Waals surface area contributed by atoms with E-state index in [1.807, 2.05) is 79.2 Å². The van der Waals surface area contributed by atoms with Gasteiger partial charge in [-0.2, -0.15) is 0 Å². The smallest absolute Gasteiger partial charge is 0.262 e. The van der Waals surface area contributed by atoms with Gasteiger partial charge in [-0.15, -0.1) is 0 Å². The molecular formula is C23H22N6O2. The van der Waals surface area contributed by atoms with Gasteiger partial charge in [0.2, 0.25) is 0 Å². The van der Waals surface area contributed by atoms with Crippen LogP contribution in [0.25, 0.3) is 5.82 Å². The van der Waals surface area contributed by atoms with Gasteiger partial charge in [0.05, 0.1) is 0 Å². The number of ether oxygens (including phenoxy) is 1. The normalized spacial score (nSPS) is 10.5. The first-order valence-electron chi connectivity index (χ1n) is 9.76. The Balaban J connectivity index is 1.36. The molecule has 0 spiro atoms. The second-order valence-corrected chi connectivity index (χ2v) is 6.93. The van der Waals surface area contributed by atoms with E-state index in [1.54, 1.807) is 12.5 Å². The Bertz CT molecular complexity index is 1170. The Morgan fingerprint density at radius 2 is 1.81 bits per heavy atom. The summed E-state index contributed by atoms with van der Waals surface area (Å²) in [5.41, 5.74) is 2.51. The van der Waals surface area contributed by atoms with E-state index in [1.165, 1.54) is 0 Å². The van der Waals surface area contributed by atoms with Crippen LogP contribution in [0.2, 0.25) is 0 Å². The van der Waals surface area contributed by atoms with Crippen LogP contribution in [0.4, 0.5) is 17.2 Å². The standard InChI is InChI=1S/C23H22N6O2/c1-16-5-3-4-6-20(16)31-14-23(30)28-19-9-7-18(8-10-19)27-21-13-22(26-17(2)25-21)29-12-11-24-15-29/h3-13,15H,14H2,1-2H3,(H,28,30)(H,25,26,27). The number of imidazole rings is 1. The number of hydrogen-bond donors (Lipinski definition) is 2. The maximum atomic E-state index is 12.2. The summed E-state index contributed by atoms with van der Waals surface area (Å²) in [7, 11) is 0. The molecule has 31 heavy (non-hydrogen) atoms. The highest BCUT2D eigenvalue weighted by atomic mass is 16.5. The summed E-state index contributed by atoms with van der Waals surface area (Å²) in [6, 6.07) is 16.8. The lowest BCUT2D eigenvalue weighted by Gasteiger charge is -2.11. The van der Waals surface area contributed by atoms with Gasteiger partial charge in [-0.25, -0.2) is 15.0 Å². The molecular weight excluding hydrogens is 392 g/mol. The Hall–Kier alpha value is -4.20. The third-order valence-corrected chi connectivity index (χ3v) is 4.49. The van der Waals surface area contributed by atoms with Crippen LogP contribution in [0.1, 0.15) is 11.4 Å². The average Bonchev–Trinajstić information content (AvgIpc) is 3.29. The number of nitrogens with zero attached hydrogens (tertiary/aromatic N) is 4. The molecule has 0 aliphatic rings. The number of nitrogens with one attached hydrogen (secondary N) is 2. The van der Waals surface area contributed by atoms with E-state index in [2.05, 4.69) is 25.6 Å². The zero-order valence-corrected chi connectivity index (χ0v) is 17.2. The molecule has 156 valence electrons. The molecule has 0 bridgehead atoms. The topological polar surface area (TPSA) is 94.0 Å². The number of aromatic nitrogens is 4. The first-order chi connectivity index (χ1) is 15.1. The van der Waals surface area contributed by atoms with Crippen LogP contribution >= 0.6 is 0 Å². The highest BCUT2D eigenvalue weighted by Gasteiger charge is 2.07. The summed E-state index contributed by atoms with van der Waals surface area (Å²) in [4.78, 5) is 25.1. The molecule has 0 atom stereocenters. The quantitative estimate of drug-likeness (QED) is 0.474. The van der Waals surface area contributed by atoms with Crippen LogP contribution in [0.5, 0.6) is 5.75 Å². The van der Waals surface area contributed by atoms with Crippen molar-refractivity contribution >= 4 is 23.1 Å². The minimum Gasteiger partial charge on any atom is -0.483 e. The third-order valence-electron chi connectivity index (χ3n) is 4.49. The Labute approximate surface area is 180 Å². The maximum Gasteiger partial charge on any atom is 0.262 e. The van der Waals surface area contributed by atoms with Gasteiger partial charge in [0.1, 0.15) is 29.5 Å². The zero-order chi connectivity index (χ0) is 21.6. The highest BCUT2D eigenvalue weighted by molar-refractivity contribution is 5.92. The Kier molecular flexibility index (Phi) is 5.89. The first-order valence-corrected chi connectivity index (χ1v) is 9.76. The molecule has 1 amide bonds. The predicted octanol–water partition coefficient (Wildman–Crippen LogP) is 4.04. The molecule has 8 heteroatoms. The summed E-state index contributed by atoms with van der Waals surface area (Å²) in [5.74, 6) is 2.52. The van der Waals surface area contributed by atoms with Crippen molar-refractivity contribution in [3.63, 3.8) is 0 Å². The third kappa shape index (κ3) is 5.24. The second kappa shape index (κ2) is 9.08. The van der Waals surface area contributed by atoms with Gasteiger partial charge in [0.15, 0.2) is 6.61 Å². The molecule has 4 rings (SSSR count).